The molecular formula is C11H18N4O. The van der Waals surface area contributed by atoms with Crippen LogP contribution in [-0.4, -0.2) is 38.6 Å². The zero-order valence-corrected chi connectivity index (χ0v) is 10.0. The van der Waals surface area contributed by atoms with Gasteiger partial charge < -0.3 is 4.90 Å². The maximum atomic E-state index is 12.1. The van der Waals surface area contributed by atoms with Crippen molar-refractivity contribution in [1.82, 2.24) is 20.1 Å². The fourth-order valence-electron chi connectivity index (χ4n) is 2.14. The average Bonchev–Trinajstić information content (AvgIpc) is 2.67. The van der Waals surface area contributed by atoms with Gasteiger partial charge in [0.2, 0.25) is 5.82 Å². The molecule has 1 aromatic heterocycles. The Balaban J connectivity index is 2.14. The first-order chi connectivity index (χ1) is 7.58. The molecule has 0 radical (unpaired) electrons. The van der Waals surface area contributed by atoms with Crippen LogP contribution in [0.1, 0.15) is 43.1 Å². The number of hydrogen-bond donors (Lipinski definition) is 1. The smallest absolute Gasteiger partial charge is 0.293 e. The minimum atomic E-state index is -0.0524. The van der Waals surface area contributed by atoms with E-state index in [9.17, 15) is 4.79 Å². The molecule has 2 heterocycles. The first-order valence-corrected chi connectivity index (χ1v) is 5.78. The van der Waals surface area contributed by atoms with E-state index in [2.05, 4.69) is 29.0 Å². The predicted octanol–water partition coefficient (Wildman–Crippen LogP) is 1.37. The molecule has 0 bridgehead atoms. The molecule has 1 amide bonds. The van der Waals surface area contributed by atoms with Gasteiger partial charge in [0.15, 0.2) is 0 Å². The van der Waals surface area contributed by atoms with Gasteiger partial charge in [-0.3, -0.25) is 9.89 Å². The highest BCUT2D eigenvalue weighted by Gasteiger charge is 2.29. The number of nitrogens with one attached hydrogen (secondary N) is 1. The summed E-state index contributed by atoms with van der Waals surface area (Å²) in [5, 5.41) is 6.63. The molecule has 0 aliphatic carbocycles. The van der Waals surface area contributed by atoms with Crippen molar-refractivity contribution in [3.8, 4) is 0 Å². The van der Waals surface area contributed by atoms with Crippen molar-refractivity contribution in [3.63, 3.8) is 0 Å². The third-order valence-electron chi connectivity index (χ3n) is 3.17. The van der Waals surface area contributed by atoms with E-state index in [0.29, 0.717) is 23.6 Å². The van der Waals surface area contributed by atoms with Gasteiger partial charge in [0, 0.05) is 12.6 Å². The van der Waals surface area contributed by atoms with Crippen LogP contribution in [0.5, 0.6) is 0 Å². The van der Waals surface area contributed by atoms with Gasteiger partial charge >= 0.3 is 0 Å². The van der Waals surface area contributed by atoms with Gasteiger partial charge in [-0.2, -0.15) is 0 Å². The van der Waals surface area contributed by atoms with E-state index < -0.39 is 0 Å². The van der Waals surface area contributed by atoms with E-state index in [0.717, 1.165) is 13.0 Å². The lowest BCUT2D eigenvalue weighted by Gasteiger charge is -2.36. The van der Waals surface area contributed by atoms with Crippen molar-refractivity contribution in [1.29, 1.82) is 0 Å². The van der Waals surface area contributed by atoms with Crippen LogP contribution in [0.4, 0.5) is 0 Å². The monoisotopic (exact) mass is 222 g/mol. The number of aromatic amines is 1. The number of likely N-dealkylation sites (tertiary alicyclic amines) is 1. The first-order valence-electron chi connectivity index (χ1n) is 5.78. The Kier molecular flexibility index (Phi) is 2.94. The minimum absolute atomic E-state index is 0.0524. The van der Waals surface area contributed by atoms with Crippen LogP contribution in [0.2, 0.25) is 0 Å². The molecule has 1 aromatic rings. The van der Waals surface area contributed by atoms with Crippen molar-refractivity contribution in [3.05, 3.63) is 11.6 Å². The Morgan fingerprint density at radius 1 is 1.44 bits per heavy atom. The zero-order valence-electron chi connectivity index (χ0n) is 10.0. The number of nitrogens with zero attached hydrogens (tertiary/aromatic N) is 3. The summed E-state index contributed by atoms with van der Waals surface area (Å²) in [6.07, 6.45) is 2.26. The number of aromatic nitrogens is 3. The highest BCUT2D eigenvalue weighted by molar-refractivity contribution is 5.90. The molecule has 16 heavy (non-hydrogen) atoms. The molecule has 0 spiro atoms. The van der Waals surface area contributed by atoms with Crippen LogP contribution in [0.3, 0.4) is 0 Å². The number of carbonyl (C=O) groups excluding carboxylic acids is 1. The van der Waals surface area contributed by atoms with E-state index in [1.165, 1.54) is 6.42 Å². The second kappa shape index (κ2) is 4.23. The van der Waals surface area contributed by atoms with Crippen LogP contribution >= 0.6 is 0 Å². The SMILES string of the molecule is Cc1nc(C(=O)N2CC(C)CCC2C)n[nH]1. The lowest BCUT2D eigenvalue weighted by molar-refractivity contribution is 0.0562. The quantitative estimate of drug-likeness (QED) is 0.780. The highest BCUT2D eigenvalue weighted by Crippen LogP contribution is 2.22. The molecule has 1 fully saturated rings. The number of piperidine rings is 1. The molecule has 1 saturated heterocycles. The summed E-state index contributed by atoms with van der Waals surface area (Å²) in [6, 6.07) is 0.294. The Morgan fingerprint density at radius 2 is 2.19 bits per heavy atom. The van der Waals surface area contributed by atoms with Crippen molar-refractivity contribution < 1.29 is 4.79 Å². The van der Waals surface area contributed by atoms with Gasteiger partial charge in [0.1, 0.15) is 5.82 Å². The van der Waals surface area contributed by atoms with E-state index in [1.807, 2.05) is 4.90 Å². The Labute approximate surface area is 95.2 Å². The molecule has 0 aromatic carbocycles. The van der Waals surface area contributed by atoms with E-state index in [-0.39, 0.29) is 5.91 Å². The topological polar surface area (TPSA) is 61.9 Å². The molecule has 0 saturated carbocycles. The molecule has 2 atom stereocenters. The van der Waals surface area contributed by atoms with Crippen LogP contribution in [0.15, 0.2) is 0 Å². The number of amides is 1. The molecule has 1 N–H and O–H groups in total. The number of carbonyl (C=O) groups is 1. The summed E-state index contributed by atoms with van der Waals surface area (Å²) >= 11 is 0. The van der Waals surface area contributed by atoms with E-state index >= 15 is 0 Å². The maximum absolute atomic E-state index is 12.1. The third-order valence-corrected chi connectivity index (χ3v) is 3.17. The van der Waals surface area contributed by atoms with E-state index in [4.69, 9.17) is 0 Å². The van der Waals surface area contributed by atoms with Crippen molar-refractivity contribution in [2.24, 2.45) is 5.92 Å². The summed E-state index contributed by atoms with van der Waals surface area (Å²) in [4.78, 5) is 18.1. The van der Waals surface area contributed by atoms with Crippen LogP contribution in [0, 0.1) is 12.8 Å². The lowest BCUT2D eigenvalue weighted by Crippen LogP contribution is -2.45. The van der Waals surface area contributed by atoms with Gasteiger partial charge in [-0.1, -0.05) is 6.92 Å². The van der Waals surface area contributed by atoms with Gasteiger partial charge in [-0.25, -0.2) is 4.98 Å². The molecule has 88 valence electrons. The van der Waals surface area contributed by atoms with Crippen molar-refractivity contribution in [2.45, 2.75) is 39.7 Å². The van der Waals surface area contributed by atoms with Gasteiger partial charge in [0.05, 0.1) is 0 Å². The van der Waals surface area contributed by atoms with Crippen LogP contribution in [0.25, 0.3) is 0 Å². The lowest BCUT2D eigenvalue weighted by atomic mass is 9.95. The second-order valence-corrected chi connectivity index (χ2v) is 4.73. The normalized spacial score (nSPS) is 25.8. The fourth-order valence-corrected chi connectivity index (χ4v) is 2.14. The molecule has 1 aliphatic heterocycles. The van der Waals surface area contributed by atoms with Crippen LogP contribution in [-0.2, 0) is 0 Å². The Hall–Kier alpha value is -1.39. The second-order valence-electron chi connectivity index (χ2n) is 4.73. The molecule has 1 aliphatic rings. The molecular weight excluding hydrogens is 204 g/mol. The first kappa shape index (κ1) is 11.1. The number of aryl methyl sites for hydroxylation is 1. The summed E-state index contributed by atoms with van der Waals surface area (Å²) in [6.45, 7) is 6.87. The van der Waals surface area contributed by atoms with E-state index in [1.54, 1.807) is 6.92 Å². The zero-order chi connectivity index (χ0) is 11.7. The number of H-pyrrole nitrogens is 1. The molecule has 5 nitrogen and oxygen atoms in total. The summed E-state index contributed by atoms with van der Waals surface area (Å²) in [5.74, 6) is 1.49. The van der Waals surface area contributed by atoms with Crippen molar-refractivity contribution in [2.75, 3.05) is 6.54 Å². The van der Waals surface area contributed by atoms with Crippen LogP contribution < -0.4 is 0 Å². The molecule has 5 heteroatoms. The largest absolute Gasteiger partial charge is 0.333 e. The summed E-state index contributed by atoms with van der Waals surface area (Å²) < 4.78 is 0. The number of hydrogen-bond acceptors (Lipinski definition) is 3. The summed E-state index contributed by atoms with van der Waals surface area (Å²) in [7, 11) is 0. The fraction of sp³-hybridized carbons (Fsp3) is 0.727. The predicted molar refractivity (Wildman–Crippen MR) is 60.0 cm³/mol. The third kappa shape index (κ3) is 2.08. The molecule has 2 rings (SSSR count). The minimum Gasteiger partial charge on any atom is -0.333 e. The van der Waals surface area contributed by atoms with Gasteiger partial charge in [-0.15, -0.1) is 5.10 Å². The van der Waals surface area contributed by atoms with Gasteiger partial charge in [0.25, 0.3) is 5.91 Å². The number of rotatable bonds is 1. The van der Waals surface area contributed by atoms with Gasteiger partial charge in [-0.05, 0) is 32.6 Å². The Bertz CT molecular complexity index is 387. The average molecular weight is 222 g/mol. The molecule has 2 unspecified atom stereocenters. The maximum Gasteiger partial charge on any atom is 0.293 e. The highest BCUT2D eigenvalue weighted by atomic mass is 16.2. The standard InChI is InChI=1S/C11H18N4O/c1-7-4-5-8(2)15(6-7)11(16)10-12-9(3)13-14-10/h7-8H,4-6H2,1-3H3,(H,12,13,14). The summed E-state index contributed by atoms with van der Waals surface area (Å²) in [5.41, 5.74) is 0. The Morgan fingerprint density at radius 3 is 2.81 bits per heavy atom. The van der Waals surface area contributed by atoms with Crippen molar-refractivity contribution >= 4 is 5.91 Å².